The van der Waals surface area contributed by atoms with Gasteiger partial charge in [0.15, 0.2) is 0 Å². The molecule has 1 unspecified atom stereocenters. The number of benzene rings is 1. The number of aromatic nitrogens is 1. The van der Waals surface area contributed by atoms with Gasteiger partial charge < -0.3 is 10.8 Å². The van der Waals surface area contributed by atoms with Crippen LogP contribution in [0, 0.1) is 0 Å². The lowest BCUT2D eigenvalue weighted by Gasteiger charge is -2.11. The molecule has 0 aliphatic carbocycles. The number of nitrogens with two attached hydrogens (primary N) is 1. The van der Waals surface area contributed by atoms with E-state index in [2.05, 4.69) is 4.98 Å². The van der Waals surface area contributed by atoms with Crippen molar-refractivity contribution in [3.8, 4) is 0 Å². The Morgan fingerprint density at radius 1 is 1.27 bits per heavy atom. The molecule has 3 N–H and O–H groups in total. The number of nitrogens with zero attached hydrogens (tertiary/aromatic N) is 1. The van der Waals surface area contributed by atoms with Gasteiger partial charge in [-0.15, -0.1) is 0 Å². The predicted octanol–water partition coefficient (Wildman–Crippen LogP) is 1.62. The highest BCUT2D eigenvalue weighted by Crippen LogP contribution is 2.24. The first-order chi connectivity index (χ1) is 7.33. The van der Waals surface area contributed by atoms with Gasteiger partial charge in [0.1, 0.15) is 0 Å². The van der Waals surface area contributed by atoms with Crippen LogP contribution in [-0.2, 0) is 0 Å². The molecule has 1 aromatic heterocycles. The third-order valence-electron chi connectivity index (χ3n) is 2.50. The van der Waals surface area contributed by atoms with Crippen molar-refractivity contribution < 1.29 is 5.11 Å². The molecule has 1 aromatic carbocycles. The Balaban J connectivity index is 2.50. The van der Waals surface area contributed by atoms with Crippen molar-refractivity contribution in [2.24, 2.45) is 5.73 Å². The summed E-state index contributed by atoms with van der Waals surface area (Å²) in [7, 11) is 0. The molecule has 0 aliphatic rings. The first kappa shape index (κ1) is 10.1. The second-order valence-electron chi connectivity index (χ2n) is 3.54. The summed E-state index contributed by atoms with van der Waals surface area (Å²) < 4.78 is 0. The molecule has 2 rings (SSSR count). The molecule has 2 aromatic rings. The van der Waals surface area contributed by atoms with Crippen LogP contribution in [0.1, 0.15) is 18.1 Å². The number of pyridine rings is 1. The Morgan fingerprint density at radius 3 is 2.87 bits per heavy atom. The molecule has 15 heavy (non-hydrogen) atoms. The van der Waals surface area contributed by atoms with Gasteiger partial charge in [0.25, 0.3) is 0 Å². The van der Waals surface area contributed by atoms with Crippen molar-refractivity contribution in [2.75, 3.05) is 6.54 Å². The summed E-state index contributed by atoms with van der Waals surface area (Å²) in [6.07, 6.45) is 3.56. The number of rotatable bonds is 3. The van der Waals surface area contributed by atoms with Gasteiger partial charge in [0.05, 0.1) is 6.10 Å². The molecule has 0 amide bonds. The molecule has 0 radical (unpaired) electrons. The van der Waals surface area contributed by atoms with E-state index < -0.39 is 6.10 Å². The van der Waals surface area contributed by atoms with Gasteiger partial charge in [-0.2, -0.15) is 0 Å². The average molecular weight is 202 g/mol. The molecule has 0 spiro atoms. The van der Waals surface area contributed by atoms with Crippen LogP contribution >= 0.6 is 0 Å². The Labute approximate surface area is 88.6 Å². The molecule has 1 heterocycles. The summed E-state index contributed by atoms with van der Waals surface area (Å²) in [6.45, 7) is 0.477. The molecular weight excluding hydrogens is 188 g/mol. The third-order valence-corrected chi connectivity index (χ3v) is 2.50. The van der Waals surface area contributed by atoms with E-state index in [4.69, 9.17) is 5.73 Å². The zero-order valence-corrected chi connectivity index (χ0v) is 8.43. The molecule has 0 fully saturated rings. The van der Waals surface area contributed by atoms with Crippen molar-refractivity contribution >= 4 is 10.8 Å². The van der Waals surface area contributed by atoms with Crippen molar-refractivity contribution in [1.82, 2.24) is 4.98 Å². The molecule has 0 bridgehead atoms. The van der Waals surface area contributed by atoms with Crippen LogP contribution in [0.4, 0.5) is 0 Å². The molecule has 1 atom stereocenters. The second-order valence-corrected chi connectivity index (χ2v) is 3.54. The number of aliphatic hydroxyl groups excluding tert-OH is 1. The fraction of sp³-hybridized carbons (Fsp3) is 0.250. The lowest BCUT2D eigenvalue weighted by Crippen LogP contribution is -2.07. The first-order valence-electron chi connectivity index (χ1n) is 5.03. The quantitative estimate of drug-likeness (QED) is 0.795. The van der Waals surface area contributed by atoms with E-state index >= 15 is 0 Å². The minimum Gasteiger partial charge on any atom is -0.388 e. The molecule has 78 valence electrons. The Morgan fingerprint density at radius 2 is 2.07 bits per heavy atom. The zero-order valence-electron chi connectivity index (χ0n) is 8.43. The fourth-order valence-corrected chi connectivity index (χ4v) is 1.72. The third kappa shape index (κ3) is 1.98. The molecule has 3 heteroatoms. The summed E-state index contributed by atoms with van der Waals surface area (Å²) in [5, 5.41) is 12.0. The molecule has 0 saturated heterocycles. The van der Waals surface area contributed by atoms with Crippen LogP contribution in [0.2, 0.25) is 0 Å². The largest absolute Gasteiger partial charge is 0.388 e. The maximum Gasteiger partial charge on any atom is 0.0823 e. The SMILES string of the molecule is NCCC(O)c1cncc2ccccc12. The molecule has 3 nitrogen and oxygen atoms in total. The number of hydrogen-bond acceptors (Lipinski definition) is 3. The van der Waals surface area contributed by atoms with Gasteiger partial charge in [0, 0.05) is 23.3 Å². The van der Waals surface area contributed by atoms with E-state index in [0.29, 0.717) is 13.0 Å². The fourth-order valence-electron chi connectivity index (χ4n) is 1.72. The normalized spacial score (nSPS) is 12.9. The second kappa shape index (κ2) is 4.38. The lowest BCUT2D eigenvalue weighted by atomic mass is 10.0. The van der Waals surface area contributed by atoms with Gasteiger partial charge in [-0.1, -0.05) is 24.3 Å². The van der Waals surface area contributed by atoms with Gasteiger partial charge in [-0.3, -0.25) is 4.98 Å². The van der Waals surface area contributed by atoms with E-state index in [0.717, 1.165) is 16.3 Å². The van der Waals surface area contributed by atoms with Crippen LogP contribution in [0.25, 0.3) is 10.8 Å². The number of hydrogen-bond donors (Lipinski definition) is 2. The highest BCUT2D eigenvalue weighted by atomic mass is 16.3. The standard InChI is InChI=1S/C12H14N2O/c13-6-5-12(15)11-8-14-7-9-3-1-2-4-10(9)11/h1-4,7-8,12,15H,5-6,13H2. The van der Waals surface area contributed by atoms with E-state index in [9.17, 15) is 5.11 Å². The zero-order chi connectivity index (χ0) is 10.7. The summed E-state index contributed by atoms with van der Waals surface area (Å²) >= 11 is 0. The highest BCUT2D eigenvalue weighted by Gasteiger charge is 2.10. The smallest absolute Gasteiger partial charge is 0.0823 e. The minimum atomic E-state index is -0.520. The Kier molecular flexibility index (Phi) is 2.94. The van der Waals surface area contributed by atoms with Crippen molar-refractivity contribution in [1.29, 1.82) is 0 Å². The number of fused-ring (bicyclic) bond motifs is 1. The molecule has 0 aliphatic heterocycles. The number of aliphatic hydroxyl groups is 1. The van der Waals surface area contributed by atoms with Crippen LogP contribution in [-0.4, -0.2) is 16.6 Å². The predicted molar refractivity (Wildman–Crippen MR) is 60.4 cm³/mol. The topological polar surface area (TPSA) is 59.1 Å². The van der Waals surface area contributed by atoms with Gasteiger partial charge in [-0.05, 0) is 18.4 Å². The van der Waals surface area contributed by atoms with E-state index in [1.807, 2.05) is 24.3 Å². The van der Waals surface area contributed by atoms with Crippen LogP contribution in [0.3, 0.4) is 0 Å². The maximum absolute atomic E-state index is 9.90. The van der Waals surface area contributed by atoms with Crippen molar-refractivity contribution in [3.63, 3.8) is 0 Å². The van der Waals surface area contributed by atoms with Crippen molar-refractivity contribution in [2.45, 2.75) is 12.5 Å². The molecule has 0 saturated carbocycles. The first-order valence-corrected chi connectivity index (χ1v) is 5.03. The van der Waals surface area contributed by atoms with Crippen LogP contribution in [0.15, 0.2) is 36.7 Å². The summed E-state index contributed by atoms with van der Waals surface area (Å²) in [6, 6.07) is 7.90. The average Bonchev–Trinajstić information content (AvgIpc) is 2.28. The lowest BCUT2D eigenvalue weighted by molar-refractivity contribution is 0.171. The highest BCUT2D eigenvalue weighted by molar-refractivity contribution is 5.84. The van der Waals surface area contributed by atoms with E-state index in [-0.39, 0.29) is 0 Å². The van der Waals surface area contributed by atoms with Crippen LogP contribution < -0.4 is 5.73 Å². The van der Waals surface area contributed by atoms with Gasteiger partial charge >= 0.3 is 0 Å². The monoisotopic (exact) mass is 202 g/mol. The van der Waals surface area contributed by atoms with E-state index in [1.165, 1.54) is 0 Å². The van der Waals surface area contributed by atoms with E-state index in [1.54, 1.807) is 12.4 Å². The van der Waals surface area contributed by atoms with Gasteiger partial charge in [0.2, 0.25) is 0 Å². The Hall–Kier alpha value is -1.45. The minimum absolute atomic E-state index is 0.477. The maximum atomic E-state index is 9.90. The summed E-state index contributed by atoms with van der Waals surface area (Å²) in [5.74, 6) is 0. The summed E-state index contributed by atoms with van der Waals surface area (Å²) in [4.78, 5) is 4.12. The molecular formula is C12H14N2O. The van der Waals surface area contributed by atoms with Crippen molar-refractivity contribution in [3.05, 3.63) is 42.2 Å². The Bertz CT molecular complexity index is 451. The summed E-state index contributed by atoms with van der Waals surface area (Å²) in [5.41, 5.74) is 6.29. The van der Waals surface area contributed by atoms with Gasteiger partial charge in [-0.25, -0.2) is 0 Å². The van der Waals surface area contributed by atoms with Crippen LogP contribution in [0.5, 0.6) is 0 Å².